The lowest BCUT2D eigenvalue weighted by atomic mass is 9.98. The van der Waals surface area contributed by atoms with E-state index in [4.69, 9.17) is 0 Å². The zero-order chi connectivity index (χ0) is 19.5. The lowest BCUT2D eigenvalue weighted by Crippen LogP contribution is -2.40. The highest BCUT2D eigenvalue weighted by Crippen LogP contribution is 2.30. The van der Waals surface area contributed by atoms with Crippen molar-refractivity contribution in [2.75, 3.05) is 24.5 Å². The van der Waals surface area contributed by atoms with Crippen molar-refractivity contribution in [2.24, 2.45) is 5.92 Å². The number of carbonyl (C=O) groups excluding carboxylic acids is 2. The Morgan fingerprint density at radius 1 is 1.07 bits per heavy atom. The molecule has 1 fully saturated rings. The third-order valence-corrected chi connectivity index (χ3v) is 5.80. The molecule has 4 heteroatoms. The van der Waals surface area contributed by atoms with Crippen LogP contribution >= 0.6 is 0 Å². The Morgan fingerprint density at radius 2 is 1.82 bits per heavy atom. The molecule has 2 aromatic carbocycles. The van der Waals surface area contributed by atoms with E-state index in [1.165, 1.54) is 11.1 Å². The van der Waals surface area contributed by atoms with Gasteiger partial charge in [0.25, 0.3) is 0 Å². The van der Waals surface area contributed by atoms with Crippen LogP contribution in [0.5, 0.6) is 0 Å². The van der Waals surface area contributed by atoms with Gasteiger partial charge in [-0.2, -0.15) is 0 Å². The van der Waals surface area contributed by atoms with Gasteiger partial charge in [-0.1, -0.05) is 61.5 Å². The molecule has 0 aliphatic carbocycles. The van der Waals surface area contributed by atoms with Crippen LogP contribution in [-0.4, -0.2) is 36.3 Å². The zero-order valence-electron chi connectivity index (χ0n) is 16.3. The summed E-state index contributed by atoms with van der Waals surface area (Å²) >= 11 is 0. The van der Waals surface area contributed by atoms with E-state index in [9.17, 15) is 9.59 Å². The van der Waals surface area contributed by atoms with Gasteiger partial charge in [-0.05, 0) is 35.6 Å². The monoisotopic (exact) mass is 374 g/mol. The van der Waals surface area contributed by atoms with Crippen LogP contribution in [0.1, 0.15) is 30.9 Å². The minimum Gasteiger partial charge on any atom is -0.338 e. The number of anilines is 1. The molecule has 0 aromatic heterocycles. The van der Waals surface area contributed by atoms with Crippen molar-refractivity contribution in [3.63, 3.8) is 0 Å². The van der Waals surface area contributed by atoms with Crippen LogP contribution in [0.25, 0.3) is 5.57 Å². The maximum Gasteiger partial charge on any atom is 0.228 e. The Kier molecular flexibility index (Phi) is 5.29. The fourth-order valence-electron chi connectivity index (χ4n) is 4.22. The Bertz CT molecular complexity index is 904. The maximum atomic E-state index is 13.0. The molecule has 1 saturated heterocycles. The van der Waals surface area contributed by atoms with Gasteiger partial charge in [0, 0.05) is 31.7 Å². The first kappa shape index (κ1) is 18.5. The Balaban J connectivity index is 1.44. The lowest BCUT2D eigenvalue weighted by molar-refractivity contribution is -0.135. The highest BCUT2D eigenvalue weighted by atomic mass is 16.2. The molecule has 2 aliphatic heterocycles. The SMILES string of the molecule is CCc1ccccc1N1CC(C(=O)N2CC=C(c3ccccc3)CC2)CC1=O. The molecule has 2 aromatic rings. The van der Waals surface area contributed by atoms with Crippen LogP contribution in [0.15, 0.2) is 60.7 Å². The number of benzene rings is 2. The fraction of sp³-hybridized carbons (Fsp3) is 0.333. The number of hydrogen-bond donors (Lipinski definition) is 0. The molecule has 2 heterocycles. The second-order valence-corrected chi connectivity index (χ2v) is 7.52. The van der Waals surface area contributed by atoms with Crippen molar-refractivity contribution >= 4 is 23.1 Å². The van der Waals surface area contributed by atoms with Crippen LogP contribution in [0.2, 0.25) is 0 Å². The molecule has 2 amide bonds. The van der Waals surface area contributed by atoms with E-state index in [2.05, 4.69) is 31.2 Å². The molecule has 28 heavy (non-hydrogen) atoms. The van der Waals surface area contributed by atoms with Gasteiger partial charge >= 0.3 is 0 Å². The number of aryl methyl sites for hydroxylation is 1. The standard InChI is InChI=1S/C24H26N2O2/c1-2-18-8-6-7-11-22(18)26-17-21(16-23(26)27)24(28)25-14-12-20(13-15-25)19-9-4-3-5-10-19/h3-12,21H,2,13-17H2,1H3. The molecule has 0 spiro atoms. The van der Waals surface area contributed by atoms with Crippen molar-refractivity contribution in [1.29, 1.82) is 0 Å². The largest absolute Gasteiger partial charge is 0.338 e. The molecule has 0 bridgehead atoms. The first-order valence-corrected chi connectivity index (χ1v) is 10.1. The van der Waals surface area contributed by atoms with Gasteiger partial charge in [-0.15, -0.1) is 0 Å². The van der Waals surface area contributed by atoms with E-state index in [-0.39, 0.29) is 17.7 Å². The van der Waals surface area contributed by atoms with E-state index < -0.39 is 0 Å². The van der Waals surface area contributed by atoms with Gasteiger partial charge in [0.2, 0.25) is 11.8 Å². The highest BCUT2D eigenvalue weighted by molar-refractivity contribution is 6.01. The quantitative estimate of drug-likeness (QED) is 0.814. The highest BCUT2D eigenvalue weighted by Gasteiger charge is 2.37. The summed E-state index contributed by atoms with van der Waals surface area (Å²) in [6.07, 6.45) is 4.19. The van der Waals surface area contributed by atoms with Crippen molar-refractivity contribution < 1.29 is 9.59 Å². The Labute approximate surface area is 166 Å². The van der Waals surface area contributed by atoms with Gasteiger partial charge in [-0.25, -0.2) is 0 Å². The summed E-state index contributed by atoms with van der Waals surface area (Å²) in [5.74, 6) is -0.0888. The number of hydrogen-bond acceptors (Lipinski definition) is 2. The summed E-state index contributed by atoms with van der Waals surface area (Å²) < 4.78 is 0. The van der Waals surface area contributed by atoms with Gasteiger partial charge in [0.1, 0.15) is 0 Å². The second kappa shape index (κ2) is 8.01. The number of amides is 2. The molecular weight excluding hydrogens is 348 g/mol. The lowest BCUT2D eigenvalue weighted by Gasteiger charge is -2.29. The van der Waals surface area contributed by atoms with Crippen molar-refractivity contribution in [1.82, 2.24) is 4.90 Å². The van der Waals surface area contributed by atoms with E-state index >= 15 is 0 Å². The predicted octanol–water partition coefficient (Wildman–Crippen LogP) is 3.92. The molecule has 0 N–H and O–H groups in total. The number of para-hydroxylation sites is 1. The van der Waals surface area contributed by atoms with E-state index in [0.29, 0.717) is 19.5 Å². The molecule has 0 saturated carbocycles. The molecule has 2 aliphatic rings. The van der Waals surface area contributed by atoms with Crippen molar-refractivity contribution in [3.05, 3.63) is 71.8 Å². The van der Waals surface area contributed by atoms with E-state index in [1.54, 1.807) is 4.90 Å². The minimum atomic E-state index is -0.246. The molecule has 0 radical (unpaired) electrons. The average Bonchev–Trinajstić information content (AvgIpc) is 3.15. The van der Waals surface area contributed by atoms with Crippen LogP contribution in [0.4, 0.5) is 5.69 Å². The third kappa shape index (κ3) is 3.59. The minimum absolute atomic E-state index is 0.0526. The predicted molar refractivity (Wildman–Crippen MR) is 112 cm³/mol. The smallest absolute Gasteiger partial charge is 0.228 e. The Morgan fingerprint density at radius 3 is 2.54 bits per heavy atom. The summed E-state index contributed by atoms with van der Waals surface area (Å²) in [4.78, 5) is 29.4. The van der Waals surface area contributed by atoms with E-state index in [1.807, 2.05) is 41.3 Å². The van der Waals surface area contributed by atoms with Crippen molar-refractivity contribution in [2.45, 2.75) is 26.2 Å². The maximum absolute atomic E-state index is 13.0. The Hall–Kier alpha value is -2.88. The summed E-state index contributed by atoms with van der Waals surface area (Å²) in [5, 5.41) is 0. The summed E-state index contributed by atoms with van der Waals surface area (Å²) in [6, 6.07) is 18.3. The normalized spacial score (nSPS) is 19.7. The first-order chi connectivity index (χ1) is 13.7. The van der Waals surface area contributed by atoms with Gasteiger partial charge in [0.15, 0.2) is 0 Å². The van der Waals surface area contributed by atoms with E-state index in [0.717, 1.165) is 30.6 Å². The van der Waals surface area contributed by atoms with Crippen LogP contribution in [0, 0.1) is 5.92 Å². The first-order valence-electron chi connectivity index (χ1n) is 10.1. The molecule has 1 atom stereocenters. The zero-order valence-corrected chi connectivity index (χ0v) is 16.3. The van der Waals surface area contributed by atoms with Crippen LogP contribution in [-0.2, 0) is 16.0 Å². The average molecular weight is 374 g/mol. The number of rotatable bonds is 4. The van der Waals surface area contributed by atoms with Crippen LogP contribution in [0.3, 0.4) is 0 Å². The number of nitrogens with zero attached hydrogens (tertiary/aromatic N) is 2. The molecule has 144 valence electrons. The summed E-state index contributed by atoms with van der Waals surface area (Å²) in [5.41, 5.74) is 4.63. The summed E-state index contributed by atoms with van der Waals surface area (Å²) in [6.45, 7) is 3.92. The van der Waals surface area contributed by atoms with Gasteiger partial charge in [-0.3, -0.25) is 9.59 Å². The van der Waals surface area contributed by atoms with Gasteiger partial charge in [0.05, 0.1) is 5.92 Å². The van der Waals surface area contributed by atoms with Crippen LogP contribution < -0.4 is 4.90 Å². The molecular formula is C24H26N2O2. The third-order valence-electron chi connectivity index (χ3n) is 5.80. The molecule has 4 nitrogen and oxygen atoms in total. The fourth-order valence-corrected chi connectivity index (χ4v) is 4.22. The molecule has 4 rings (SSSR count). The topological polar surface area (TPSA) is 40.6 Å². The summed E-state index contributed by atoms with van der Waals surface area (Å²) in [7, 11) is 0. The number of carbonyl (C=O) groups is 2. The molecule has 1 unspecified atom stereocenters. The second-order valence-electron chi connectivity index (χ2n) is 7.52. The van der Waals surface area contributed by atoms with Crippen molar-refractivity contribution in [3.8, 4) is 0 Å². The van der Waals surface area contributed by atoms with Gasteiger partial charge < -0.3 is 9.80 Å².